The Bertz CT molecular complexity index is 444. The molecule has 0 fully saturated rings. The highest BCUT2D eigenvalue weighted by atomic mass is 32.2. The quantitative estimate of drug-likeness (QED) is 0.856. The van der Waals surface area contributed by atoms with Crippen molar-refractivity contribution in [2.45, 2.75) is 19.8 Å². The summed E-state index contributed by atoms with van der Waals surface area (Å²) in [5.41, 5.74) is 2.05. The minimum absolute atomic E-state index is 0.473. The zero-order valence-electron chi connectivity index (χ0n) is 8.84. The van der Waals surface area contributed by atoms with Gasteiger partial charge in [0, 0.05) is 5.41 Å². The average molecular weight is 225 g/mol. The summed E-state index contributed by atoms with van der Waals surface area (Å²) in [5, 5.41) is 5.84. The Morgan fingerprint density at radius 3 is 2.13 bits per heavy atom. The second kappa shape index (κ2) is 4.59. The van der Waals surface area contributed by atoms with Crippen molar-refractivity contribution in [1.82, 2.24) is 0 Å². The Morgan fingerprint density at radius 2 is 1.73 bits per heavy atom. The van der Waals surface area contributed by atoms with Crippen LogP contribution in [-0.4, -0.2) is 8.42 Å². The molecule has 0 saturated carbocycles. The van der Waals surface area contributed by atoms with Gasteiger partial charge in [-0.2, -0.15) is 0 Å². The van der Waals surface area contributed by atoms with E-state index in [1.54, 1.807) is 0 Å². The SMILES string of the molecule is CC(C)c1ccc(C=CS(N)(=O)=O)cc1. The smallest absolute Gasteiger partial charge is 0.225 e. The second-order valence-corrected chi connectivity index (χ2v) is 5.16. The molecule has 1 aromatic carbocycles. The van der Waals surface area contributed by atoms with Gasteiger partial charge in [-0.05, 0) is 23.1 Å². The fraction of sp³-hybridized carbons (Fsp3) is 0.273. The lowest BCUT2D eigenvalue weighted by Crippen LogP contribution is -2.06. The van der Waals surface area contributed by atoms with E-state index in [1.165, 1.54) is 11.6 Å². The molecule has 2 N–H and O–H groups in total. The van der Waals surface area contributed by atoms with E-state index in [1.807, 2.05) is 24.3 Å². The first-order valence-electron chi connectivity index (χ1n) is 4.69. The summed E-state index contributed by atoms with van der Waals surface area (Å²) in [7, 11) is -3.53. The van der Waals surface area contributed by atoms with Crippen LogP contribution in [-0.2, 0) is 10.0 Å². The molecule has 0 aliphatic heterocycles. The molecule has 0 aromatic heterocycles. The van der Waals surface area contributed by atoms with E-state index in [-0.39, 0.29) is 0 Å². The van der Waals surface area contributed by atoms with E-state index in [9.17, 15) is 8.42 Å². The van der Waals surface area contributed by atoms with Gasteiger partial charge in [-0.1, -0.05) is 38.1 Å². The first kappa shape index (κ1) is 11.9. The summed E-state index contributed by atoms with van der Waals surface area (Å²) in [4.78, 5) is 0. The Kier molecular flexibility index (Phi) is 3.66. The van der Waals surface area contributed by atoms with Gasteiger partial charge in [0.2, 0.25) is 10.0 Å². The van der Waals surface area contributed by atoms with Gasteiger partial charge in [0.25, 0.3) is 0 Å². The number of hydrogen-bond acceptors (Lipinski definition) is 2. The van der Waals surface area contributed by atoms with E-state index >= 15 is 0 Å². The van der Waals surface area contributed by atoms with Crippen molar-refractivity contribution in [2.24, 2.45) is 5.14 Å². The molecule has 82 valence electrons. The predicted molar refractivity (Wildman–Crippen MR) is 62.7 cm³/mol. The van der Waals surface area contributed by atoms with Crippen LogP contribution >= 0.6 is 0 Å². The lowest BCUT2D eigenvalue weighted by Gasteiger charge is -2.04. The van der Waals surface area contributed by atoms with Crippen molar-refractivity contribution in [3.05, 3.63) is 40.8 Å². The maximum absolute atomic E-state index is 10.7. The first-order chi connectivity index (χ1) is 6.88. The molecule has 0 heterocycles. The summed E-state index contributed by atoms with van der Waals surface area (Å²) in [6, 6.07) is 7.70. The first-order valence-corrected chi connectivity index (χ1v) is 6.30. The van der Waals surface area contributed by atoms with Crippen LogP contribution in [0, 0.1) is 0 Å². The molecule has 0 aliphatic carbocycles. The Hall–Kier alpha value is -1.13. The summed E-state index contributed by atoms with van der Waals surface area (Å²) in [6.45, 7) is 4.21. The molecule has 0 radical (unpaired) electrons. The molecule has 1 rings (SSSR count). The van der Waals surface area contributed by atoms with Crippen molar-refractivity contribution in [1.29, 1.82) is 0 Å². The van der Waals surface area contributed by atoms with Crippen LogP contribution in [0.25, 0.3) is 6.08 Å². The zero-order chi connectivity index (χ0) is 11.5. The molecule has 0 spiro atoms. The summed E-state index contributed by atoms with van der Waals surface area (Å²) >= 11 is 0. The van der Waals surface area contributed by atoms with Crippen molar-refractivity contribution in [2.75, 3.05) is 0 Å². The van der Waals surface area contributed by atoms with Crippen molar-refractivity contribution >= 4 is 16.1 Å². The van der Waals surface area contributed by atoms with Gasteiger partial charge in [0.1, 0.15) is 0 Å². The third-order valence-corrected chi connectivity index (χ3v) is 2.57. The monoisotopic (exact) mass is 225 g/mol. The van der Waals surface area contributed by atoms with Crippen LogP contribution in [0.5, 0.6) is 0 Å². The molecule has 3 nitrogen and oxygen atoms in total. The molecule has 0 aliphatic rings. The minimum Gasteiger partial charge on any atom is -0.225 e. The van der Waals surface area contributed by atoms with Gasteiger partial charge in [0.15, 0.2) is 0 Å². The molecule has 15 heavy (non-hydrogen) atoms. The highest BCUT2D eigenvalue weighted by Gasteiger charge is 1.98. The number of primary sulfonamides is 1. The standard InChI is InChI=1S/C11H15NO2S/c1-9(2)11-5-3-10(4-6-11)7-8-15(12,13)14/h3-9H,1-2H3,(H2,12,13,14). The van der Waals surface area contributed by atoms with E-state index in [0.717, 1.165) is 11.0 Å². The van der Waals surface area contributed by atoms with Crippen molar-refractivity contribution in [3.63, 3.8) is 0 Å². The molecule has 0 bridgehead atoms. The number of nitrogens with two attached hydrogens (primary N) is 1. The van der Waals surface area contributed by atoms with Crippen molar-refractivity contribution in [3.8, 4) is 0 Å². The van der Waals surface area contributed by atoms with Gasteiger partial charge < -0.3 is 0 Å². The number of rotatable bonds is 3. The van der Waals surface area contributed by atoms with Crippen LogP contribution in [0.2, 0.25) is 0 Å². The topological polar surface area (TPSA) is 60.2 Å². The van der Waals surface area contributed by atoms with Gasteiger partial charge in [0.05, 0.1) is 0 Å². The third kappa shape index (κ3) is 4.27. The van der Waals surface area contributed by atoms with Gasteiger partial charge >= 0.3 is 0 Å². The average Bonchev–Trinajstić information content (AvgIpc) is 2.14. The second-order valence-electron chi connectivity index (χ2n) is 3.71. The minimum atomic E-state index is -3.53. The van der Waals surface area contributed by atoms with E-state index in [0.29, 0.717) is 5.92 Å². The van der Waals surface area contributed by atoms with Crippen LogP contribution in [0.15, 0.2) is 29.7 Å². The summed E-state index contributed by atoms with van der Waals surface area (Å²) < 4.78 is 21.3. The summed E-state index contributed by atoms with van der Waals surface area (Å²) in [6.07, 6.45) is 1.49. The molecule has 1 aromatic rings. The van der Waals surface area contributed by atoms with Crippen molar-refractivity contribution < 1.29 is 8.42 Å². The highest BCUT2D eigenvalue weighted by Crippen LogP contribution is 2.15. The molecule has 0 amide bonds. The van der Waals surface area contributed by atoms with E-state index < -0.39 is 10.0 Å². The molecular weight excluding hydrogens is 210 g/mol. The largest absolute Gasteiger partial charge is 0.231 e. The van der Waals surface area contributed by atoms with E-state index in [4.69, 9.17) is 5.14 Å². The Labute approximate surface area is 90.7 Å². The lowest BCUT2D eigenvalue weighted by atomic mass is 10.0. The molecule has 4 heteroatoms. The Morgan fingerprint density at radius 1 is 1.20 bits per heavy atom. The van der Waals surface area contributed by atoms with Crippen LogP contribution in [0.4, 0.5) is 0 Å². The Balaban J connectivity index is 2.86. The normalized spacial score (nSPS) is 12.5. The van der Waals surface area contributed by atoms with E-state index in [2.05, 4.69) is 13.8 Å². The highest BCUT2D eigenvalue weighted by molar-refractivity contribution is 7.92. The zero-order valence-corrected chi connectivity index (χ0v) is 9.66. The molecule has 0 saturated heterocycles. The molecular formula is C11H15NO2S. The number of sulfonamides is 1. The molecule has 0 unspecified atom stereocenters. The van der Waals surface area contributed by atoms with Gasteiger partial charge in [-0.15, -0.1) is 0 Å². The fourth-order valence-electron chi connectivity index (χ4n) is 1.17. The maximum Gasteiger partial charge on any atom is 0.231 e. The van der Waals surface area contributed by atoms with Gasteiger partial charge in [-0.3, -0.25) is 0 Å². The van der Waals surface area contributed by atoms with Crippen LogP contribution in [0.3, 0.4) is 0 Å². The number of hydrogen-bond donors (Lipinski definition) is 1. The number of benzene rings is 1. The van der Waals surface area contributed by atoms with Crippen LogP contribution in [0.1, 0.15) is 30.9 Å². The lowest BCUT2D eigenvalue weighted by molar-refractivity contribution is 0.606. The third-order valence-electron chi connectivity index (χ3n) is 2.05. The van der Waals surface area contributed by atoms with Gasteiger partial charge in [-0.25, -0.2) is 13.6 Å². The predicted octanol–water partition coefficient (Wildman–Crippen LogP) is 2.07. The maximum atomic E-state index is 10.7. The van der Waals surface area contributed by atoms with Crippen LogP contribution < -0.4 is 5.14 Å². The summed E-state index contributed by atoms with van der Waals surface area (Å²) in [5.74, 6) is 0.473. The fourth-order valence-corrected chi connectivity index (χ4v) is 1.51. The molecule has 0 atom stereocenters.